The number of benzene rings is 3. The van der Waals surface area contributed by atoms with Crippen molar-refractivity contribution < 1.29 is 18.0 Å². The monoisotopic (exact) mass is 908 g/mol. The maximum absolute atomic E-state index is 13.1. The zero-order valence-electron chi connectivity index (χ0n) is 34.9. The van der Waals surface area contributed by atoms with E-state index in [1.54, 1.807) is 24.4 Å². The average molecular weight is 909 g/mol. The number of nitriles is 2. The SMILES string of the molecule is Cc1ccc(S(=O)(=O)n2cc(C#N)c3c(NC4CC4)nc(Cl)nc32)cc1.N#Cc1c[nH]c2nc(Nc3ccc4c(c3)CCC(=O)N4)nc(NC3CC3)c12.Nc1ccc2c(c1)CCC(=O)N2. The molecule has 0 saturated heterocycles. The summed E-state index contributed by atoms with van der Waals surface area (Å²) in [5, 5.41) is 35.3. The zero-order valence-corrected chi connectivity index (χ0v) is 36.4. The fourth-order valence-corrected chi connectivity index (χ4v) is 8.86. The number of rotatable bonds is 8. The number of nitrogens with two attached hydrogens (primary N) is 1. The highest BCUT2D eigenvalue weighted by atomic mass is 35.5. The summed E-state index contributed by atoms with van der Waals surface area (Å²) in [6.45, 7) is 1.87. The molecule has 3 aromatic carbocycles. The van der Waals surface area contributed by atoms with Gasteiger partial charge in [0.2, 0.25) is 23.0 Å². The molecule has 0 radical (unpaired) electrons. The first kappa shape index (κ1) is 42.6. The first-order chi connectivity index (χ1) is 31.3. The Morgan fingerprint density at radius 3 is 2.02 bits per heavy atom. The maximum atomic E-state index is 13.1. The van der Waals surface area contributed by atoms with Crippen molar-refractivity contribution in [1.29, 1.82) is 10.5 Å². The van der Waals surface area contributed by atoms with E-state index in [9.17, 15) is 28.5 Å². The van der Waals surface area contributed by atoms with Crippen LogP contribution >= 0.6 is 11.6 Å². The van der Waals surface area contributed by atoms with Crippen molar-refractivity contribution in [2.24, 2.45) is 0 Å². The minimum Gasteiger partial charge on any atom is -0.399 e. The molecule has 7 aromatic rings. The quantitative estimate of drug-likeness (QED) is 0.0584. The lowest BCUT2D eigenvalue weighted by Crippen LogP contribution is -2.18. The predicted molar refractivity (Wildman–Crippen MR) is 247 cm³/mol. The molecule has 2 fully saturated rings. The summed E-state index contributed by atoms with van der Waals surface area (Å²) in [7, 11) is -3.93. The molecular weight excluding hydrogens is 868 g/mol. The number of aryl methyl sites for hydroxylation is 3. The summed E-state index contributed by atoms with van der Waals surface area (Å²) in [4.78, 5) is 43.0. The third kappa shape index (κ3) is 9.33. The molecule has 2 aliphatic heterocycles. The topological polar surface area (TPSA) is 274 Å². The smallest absolute Gasteiger partial charge is 0.269 e. The van der Waals surface area contributed by atoms with Gasteiger partial charge in [-0.1, -0.05) is 17.7 Å². The normalized spacial score (nSPS) is 15.1. The Balaban J connectivity index is 0.000000132. The number of H-pyrrole nitrogens is 1. The second-order valence-corrected chi connectivity index (χ2v) is 18.2. The lowest BCUT2D eigenvalue weighted by Gasteiger charge is -2.18. The Morgan fingerprint density at radius 1 is 0.769 bits per heavy atom. The van der Waals surface area contributed by atoms with Crippen molar-refractivity contribution in [2.75, 3.05) is 32.3 Å². The van der Waals surface area contributed by atoms with E-state index in [1.807, 2.05) is 43.3 Å². The number of carbonyl (C=O) groups is 2. The second-order valence-electron chi connectivity index (χ2n) is 16.1. The number of hydrogen-bond acceptors (Lipinski definition) is 14. The van der Waals surface area contributed by atoms with E-state index in [1.165, 1.54) is 18.3 Å². The number of aromatic amines is 1. The largest absolute Gasteiger partial charge is 0.399 e. The average Bonchev–Trinajstić information content (AvgIpc) is 4.21. The van der Waals surface area contributed by atoms with Gasteiger partial charge in [-0.05, 0) is 117 Å². The molecule has 0 bridgehead atoms. The molecule has 18 nitrogen and oxygen atoms in total. The summed E-state index contributed by atoms with van der Waals surface area (Å²) in [6.07, 6.45) is 9.70. The van der Waals surface area contributed by atoms with Crippen LogP contribution in [-0.4, -0.2) is 61.2 Å². The van der Waals surface area contributed by atoms with E-state index in [0.29, 0.717) is 59.5 Å². The van der Waals surface area contributed by atoms with Gasteiger partial charge in [0.25, 0.3) is 10.0 Å². The lowest BCUT2D eigenvalue weighted by molar-refractivity contribution is -0.117. The van der Waals surface area contributed by atoms with Gasteiger partial charge in [-0.3, -0.25) is 9.59 Å². The molecular formula is C45H41ClN14O4S. The number of nitrogens with one attached hydrogen (secondary N) is 6. The number of hydrogen-bond donors (Lipinski definition) is 7. The van der Waals surface area contributed by atoms with Gasteiger partial charge in [-0.2, -0.15) is 30.5 Å². The Labute approximate surface area is 377 Å². The Hall–Kier alpha value is -7.74. The first-order valence-corrected chi connectivity index (χ1v) is 22.7. The van der Waals surface area contributed by atoms with Gasteiger partial charge in [0.05, 0.1) is 26.8 Å². The Morgan fingerprint density at radius 2 is 1.38 bits per heavy atom. The molecule has 4 aromatic heterocycles. The lowest BCUT2D eigenvalue weighted by atomic mass is 10.0. The number of carbonyl (C=O) groups excluding carboxylic acids is 2. The van der Waals surface area contributed by atoms with Gasteiger partial charge in [-0.25, -0.2) is 12.4 Å². The number of nitrogens with zero attached hydrogens (tertiary/aromatic N) is 7. The van der Waals surface area contributed by atoms with Crippen molar-refractivity contribution in [2.45, 2.75) is 75.3 Å². The first-order valence-electron chi connectivity index (χ1n) is 20.9. The van der Waals surface area contributed by atoms with Gasteiger partial charge in [0.1, 0.15) is 29.4 Å². The molecule has 20 heteroatoms. The molecule has 11 rings (SSSR count). The standard InChI is InChI=1S/C19H17N7O.C17H14ClN5O2S.C9H10N2O/c20-8-11-9-21-17-16(11)18(22-12-2-3-12)26-19(25-17)23-13-4-5-14-10(7-13)1-6-15(27)24-14;1-10-2-6-13(7-3-10)26(24,25)23-9-11(8-19)14-15(20-12-4-5-12)21-17(18)22-16(14)23;10-7-2-3-8-6(5-7)1-4-9(12)11-8/h4-5,7,9,12H,1-3,6H2,(H,24,27)(H3,21,22,23,25,26);2-3,6-7,9,12H,4-5H2,1H3,(H,20,21,22);2-3,5H,1,4,10H2,(H,11,12). The molecule has 0 spiro atoms. The maximum Gasteiger partial charge on any atom is 0.269 e. The molecule has 2 amide bonds. The summed E-state index contributed by atoms with van der Waals surface area (Å²) in [5.74, 6) is 1.65. The van der Waals surface area contributed by atoms with Crippen molar-refractivity contribution in [3.63, 3.8) is 0 Å². The molecule has 328 valence electrons. The van der Waals surface area contributed by atoms with Crippen LogP contribution in [0.5, 0.6) is 0 Å². The number of amides is 2. The van der Waals surface area contributed by atoms with E-state index in [4.69, 9.17) is 17.3 Å². The van der Waals surface area contributed by atoms with Crippen LogP contribution in [0.1, 0.15) is 66.3 Å². The van der Waals surface area contributed by atoms with E-state index >= 15 is 0 Å². The van der Waals surface area contributed by atoms with Crippen LogP contribution in [-0.2, 0) is 32.5 Å². The third-order valence-corrected chi connectivity index (χ3v) is 12.9. The van der Waals surface area contributed by atoms with Crippen LogP contribution < -0.4 is 32.3 Å². The van der Waals surface area contributed by atoms with E-state index in [0.717, 1.165) is 80.9 Å². The highest BCUT2D eigenvalue weighted by molar-refractivity contribution is 7.90. The van der Waals surface area contributed by atoms with Gasteiger partial charge < -0.3 is 37.3 Å². The molecule has 0 unspecified atom stereocenters. The van der Waals surface area contributed by atoms with Gasteiger partial charge in [0, 0.05) is 60.1 Å². The highest BCUT2D eigenvalue weighted by Gasteiger charge is 2.29. The Kier molecular flexibility index (Phi) is 11.4. The number of aromatic nitrogens is 6. The molecule has 6 heterocycles. The number of anilines is 7. The van der Waals surface area contributed by atoms with Crippen LogP contribution in [0.25, 0.3) is 22.1 Å². The van der Waals surface area contributed by atoms with Crippen LogP contribution in [0.4, 0.5) is 40.3 Å². The number of halogens is 1. The van der Waals surface area contributed by atoms with Crippen molar-refractivity contribution in [3.05, 3.63) is 106 Å². The third-order valence-electron chi connectivity index (χ3n) is 11.1. The van der Waals surface area contributed by atoms with Crippen LogP contribution in [0.3, 0.4) is 0 Å². The molecule has 8 N–H and O–H groups in total. The van der Waals surface area contributed by atoms with Gasteiger partial charge in [0.15, 0.2) is 5.65 Å². The van der Waals surface area contributed by atoms with E-state index in [-0.39, 0.29) is 39.2 Å². The summed E-state index contributed by atoms with van der Waals surface area (Å²) in [6, 6.07) is 22.7. The molecule has 2 aliphatic carbocycles. The molecule has 4 aliphatic rings. The summed E-state index contributed by atoms with van der Waals surface area (Å²) >= 11 is 6.02. The fraction of sp³-hybridized carbons (Fsp3) is 0.244. The van der Waals surface area contributed by atoms with Crippen molar-refractivity contribution in [1.82, 2.24) is 28.9 Å². The molecule has 0 atom stereocenters. The minimum atomic E-state index is -3.93. The predicted octanol–water partition coefficient (Wildman–Crippen LogP) is 7.26. The van der Waals surface area contributed by atoms with Crippen LogP contribution in [0.15, 0.2) is 78.0 Å². The second kappa shape index (κ2) is 17.4. The number of nitrogen functional groups attached to an aromatic ring is 1. The minimum absolute atomic E-state index is 0.0489. The van der Waals surface area contributed by atoms with Crippen molar-refractivity contribution in [3.8, 4) is 12.1 Å². The highest BCUT2D eigenvalue weighted by Crippen LogP contribution is 2.35. The van der Waals surface area contributed by atoms with Crippen LogP contribution in [0.2, 0.25) is 5.28 Å². The van der Waals surface area contributed by atoms with Gasteiger partial charge >= 0.3 is 0 Å². The van der Waals surface area contributed by atoms with Crippen molar-refractivity contribution >= 4 is 95.8 Å². The summed E-state index contributed by atoms with van der Waals surface area (Å²) in [5.41, 5.74) is 13.6. The zero-order chi connectivity index (χ0) is 45.4. The molecule has 2 saturated carbocycles. The number of fused-ring (bicyclic) bond motifs is 4. The summed E-state index contributed by atoms with van der Waals surface area (Å²) < 4.78 is 27.1. The molecule has 65 heavy (non-hydrogen) atoms. The fourth-order valence-electron chi connectivity index (χ4n) is 7.39. The van der Waals surface area contributed by atoms with E-state index in [2.05, 4.69) is 57.6 Å². The van der Waals surface area contributed by atoms with Crippen LogP contribution in [0, 0.1) is 29.6 Å². The van der Waals surface area contributed by atoms with E-state index < -0.39 is 10.0 Å². The van der Waals surface area contributed by atoms with Gasteiger partial charge in [-0.15, -0.1) is 0 Å². The Bertz CT molecular complexity index is 3240.